The zero-order valence-corrected chi connectivity index (χ0v) is 14.8. The molecule has 4 nitrogen and oxygen atoms in total. The molecule has 1 aliphatic carbocycles. The Morgan fingerprint density at radius 3 is 2.71 bits per heavy atom. The summed E-state index contributed by atoms with van der Waals surface area (Å²) >= 11 is 2.03. The van der Waals surface area contributed by atoms with E-state index >= 15 is 0 Å². The number of amides is 1. The van der Waals surface area contributed by atoms with E-state index in [0.29, 0.717) is 12.6 Å². The Bertz CT molecular complexity index is 393. The first-order valence-electron chi connectivity index (χ1n) is 7.86. The van der Waals surface area contributed by atoms with Gasteiger partial charge in [0.2, 0.25) is 5.91 Å². The Morgan fingerprint density at radius 2 is 2.19 bits per heavy atom. The fourth-order valence-electron chi connectivity index (χ4n) is 2.69. The number of carbonyl (C=O) groups is 1. The molecule has 0 radical (unpaired) electrons. The van der Waals surface area contributed by atoms with Crippen molar-refractivity contribution in [2.24, 2.45) is 5.92 Å². The van der Waals surface area contributed by atoms with Crippen LogP contribution in [0.5, 0.6) is 0 Å². The van der Waals surface area contributed by atoms with Crippen molar-refractivity contribution in [3.63, 3.8) is 0 Å². The van der Waals surface area contributed by atoms with Crippen molar-refractivity contribution >= 4 is 17.7 Å². The Balaban J connectivity index is 2.47. The zero-order valence-electron chi connectivity index (χ0n) is 14.0. The Labute approximate surface area is 133 Å². The second-order valence-electron chi connectivity index (χ2n) is 6.48. The van der Waals surface area contributed by atoms with Crippen LogP contribution in [0.3, 0.4) is 0 Å². The molecule has 0 heterocycles. The van der Waals surface area contributed by atoms with Crippen LogP contribution < -0.4 is 5.32 Å². The summed E-state index contributed by atoms with van der Waals surface area (Å²) in [6, 6.07) is 2.71. The van der Waals surface area contributed by atoms with Crippen molar-refractivity contribution in [3.05, 3.63) is 0 Å². The van der Waals surface area contributed by atoms with E-state index in [1.54, 1.807) is 6.92 Å². The smallest absolute Gasteiger partial charge is 0.235 e. The van der Waals surface area contributed by atoms with E-state index in [-0.39, 0.29) is 11.8 Å². The highest BCUT2D eigenvalue weighted by molar-refractivity contribution is 7.99. The van der Waals surface area contributed by atoms with Gasteiger partial charge in [0.15, 0.2) is 0 Å². The van der Waals surface area contributed by atoms with Crippen LogP contribution in [0.4, 0.5) is 0 Å². The van der Waals surface area contributed by atoms with Crippen LogP contribution in [-0.2, 0) is 4.79 Å². The standard InChI is InChI=1S/C16H29N3OS/c1-6-21-14-8-7-13(9-14)19(5)10-15(20)18-16(4,11-17)12(2)3/h12-14H,6-10H2,1-5H3,(H,18,20)/t13-,14+,16+/m0/s1. The second-order valence-corrected chi connectivity index (χ2v) is 8.05. The first-order valence-corrected chi connectivity index (χ1v) is 8.91. The van der Waals surface area contributed by atoms with E-state index < -0.39 is 5.54 Å². The molecule has 21 heavy (non-hydrogen) atoms. The van der Waals surface area contributed by atoms with Crippen LogP contribution in [-0.4, -0.2) is 47.0 Å². The van der Waals surface area contributed by atoms with E-state index in [2.05, 4.69) is 23.2 Å². The van der Waals surface area contributed by atoms with Gasteiger partial charge < -0.3 is 5.32 Å². The van der Waals surface area contributed by atoms with Gasteiger partial charge in [-0.15, -0.1) is 0 Å². The number of thioether (sulfide) groups is 1. The molecule has 0 aliphatic heterocycles. The molecule has 5 heteroatoms. The predicted octanol–water partition coefficient (Wildman–Crippen LogP) is 2.65. The number of hydrogen-bond donors (Lipinski definition) is 1. The molecule has 0 aromatic carbocycles. The first-order chi connectivity index (χ1) is 9.82. The summed E-state index contributed by atoms with van der Waals surface area (Å²) in [4.78, 5) is 14.3. The Morgan fingerprint density at radius 1 is 1.52 bits per heavy atom. The minimum atomic E-state index is -0.784. The fourth-order valence-corrected chi connectivity index (χ4v) is 3.82. The van der Waals surface area contributed by atoms with Gasteiger partial charge in [0, 0.05) is 11.3 Å². The number of likely N-dealkylation sites (N-methyl/N-ethyl adjacent to an activating group) is 1. The van der Waals surface area contributed by atoms with Crippen LogP contribution in [0.1, 0.15) is 47.0 Å². The van der Waals surface area contributed by atoms with Crippen molar-refractivity contribution in [2.45, 2.75) is 63.8 Å². The minimum Gasteiger partial charge on any atom is -0.337 e. The van der Waals surface area contributed by atoms with Crippen LogP contribution in [0.25, 0.3) is 0 Å². The van der Waals surface area contributed by atoms with E-state index in [1.807, 2.05) is 32.7 Å². The summed E-state index contributed by atoms with van der Waals surface area (Å²) in [6.45, 7) is 8.27. The average Bonchev–Trinajstić information content (AvgIpc) is 2.87. The molecule has 1 saturated carbocycles. The number of nitrogens with zero attached hydrogens (tertiary/aromatic N) is 2. The van der Waals surface area contributed by atoms with Crippen molar-refractivity contribution in [2.75, 3.05) is 19.3 Å². The third-order valence-corrected chi connectivity index (χ3v) is 5.79. The molecule has 1 rings (SSSR count). The molecule has 1 N–H and O–H groups in total. The summed E-state index contributed by atoms with van der Waals surface area (Å²) in [5, 5.41) is 12.9. The normalized spacial score (nSPS) is 24.9. The van der Waals surface area contributed by atoms with E-state index in [4.69, 9.17) is 0 Å². The third-order valence-electron chi connectivity index (χ3n) is 4.56. The molecular formula is C16H29N3OS. The monoisotopic (exact) mass is 311 g/mol. The molecule has 1 amide bonds. The van der Waals surface area contributed by atoms with E-state index in [0.717, 1.165) is 11.0 Å². The summed E-state index contributed by atoms with van der Waals surface area (Å²) in [7, 11) is 2.02. The highest BCUT2D eigenvalue weighted by atomic mass is 32.2. The average molecular weight is 311 g/mol. The maximum absolute atomic E-state index is 12.2. The van der Waals surface area contributed by atoms with Crippen molar-refractivity contribution in [1.29, 1.82) is 5.26 Å². The van der Waals surface area contributed by atoms with Gasteiger partial charge in [-0.25, -0.2) is 0 Å². The molecule has 0 aromatic rings. The van der Waals surface area contributed by atoms with Crippen LogP contribution >= 0.6 is 11.8 Å². The number of carbonyl (C=O) groups excluding carboxylic acids is 1. The van der Waals surface area contributed by atoms with Gasteiger partial charge >= 0.3 is 0 Å². The molecule has 0 spiro atoms. The van der Waals surface area contributed by atoms with E-state index in [1.165, 1.54) is 19.3 Å². The van der Waals surface area contributed by atoms with Gasteiger partial charge in [-0.1, -0.05) is 20.8 Å². The summed E-state index contributed by atoms with van der Waals surface area (Å²) in [5.41, 5.74) is -0.784. The van der Waals surface area contributed by atoms with Crippen LogP contribution in [0.15, 0.2) is 0 Å². The highest BCUT2D eigenvalue weighted by Gasteiger charge is 2.32. The summed E-state index contributed by atoms with van der Waals surface area (Å²) in [5.74, 6) is 1.20. The minimum absolute atomic E-state index is 0.0538. The van der Waals surface area contributed by atoms with Gasteiger partial charge in [-0.2, -0.15) is 17.0 Å². The Hall–Kier alpha value is -0.730. The summed E-state index contributed by atoms with van der Waals surface area (Å²) in [6.07, 6.45) is 3.58. The maximum Gasteiger partial charge on any atom is 0.235 e. The van der Waals surface area contributed by atoms with E-state index in [9.17, 15) is 10.1 Å². The van der Waals surface area contributed by atoms with Gasteiger partial charge in [0.25, 0.3) is 0 Å². The molecule has 3 atom stereocenters. The molecule has 0 unspecified atom stereocenters. The molecule has 0 aromatic heterocycles. The van der Waals surface area contributed by atoms with Gasteiger partial charge in [0.1, 0.15) is 5.54 Å². The quantitative estimate of drug-likeness (QED) is 0.785. The van der Waals surface area contributed by atoms with Crippen LogP contribution in [0, 0.1) is 17.2 Å². The zero-order chi connectivity index (χ0) is 16.0. The lowest BCUT2D eigenvalue weighted by atomic mass is 9.90. The lowest BCUT2D eigenvalue weighted by Gasteiger charge is -2.30. The topological polar surface area (TPSA) is 56.1 Å². The maximum atomic E-state index is 12.2. The van der Waals surface area contributed by atoms with Gasteiger partial charge in [-0.05, 0) is 44.9 Å². The third kappa shape index (κ3) is 5.19. The molecule has 120 valence electrons. The lowest BCUT2D eigenvalue weighted by Crippen LogP contribution is -2.52. The number of hydrogen-bond acceptors (Lipinski definition) is 4. The van der Waals surface area contributed by atoms with Gasteiger partial charge in [0.05, 0.1) is 12.6 Å². The van der Waals surface area contributed by atoms with Crippen molar-refractivity contribution in [1.82, 2.24) is 10.2 Å². The molecule has 0 saturated heterocycles. The highest BCUT2D eigenvalue weighted by Crippen LogP contribution is 2.32. The number of nitriles is 1. The van der Waals surface area contributed by atoms with Crippen molar-refractivity contribution in [3.8, 4) is 6.07 Å². The molecule has 1 aliphatic rings. The Kier molecular flexibility index (Phi) is 7.02. The van der Waals surface area contributed by atoms with Crippen LogP contribution in [0.2, 0.25) is 0 Å². The number of nitrogens with one attached hydrogen (secondary N) is 1. The predicted molar refractivity (Wildman–Crippen MR) is 89.2 cm³/mol. The van der Waals surface area contributed by atoms with Crippen molar-refractivity contribution < 1.29 is 4.79 Å². The second kappa shape index (κ2) is 8.05. The largest absolute Gasteiger partial charge is 0.337 e. The number of rotatable bonds is 7. The molecule has 0 bridgehead atoms. The SMILES string of the molecule is CCS[C@@H]1CC[C@H](N(C)CC(=O)N[C@](C)(C#N)C(C)C)C1. The lowest BCUT2D eigenvalue weighted by molar-refractivity contribution is -0.124. The molecule has 1 fully saturated rings. The van der Waals surface area contributed by atoms with Gasteiger partial charge in [-0.3, -0.25) is 9.69 Å². The molecular weight excluding hydrogens is 282 g/mol. The fraction of sp³-hybridized carbons (Fsp3) is 0.875. The summed E-state index contributed by atoms with van der Waals surface area (Å²) < 4.78 is 0. The first kappa shape index (κ1) is 18.3.